The highest BCUT2D eigenvalue weighted by molar-refractivity contribution is 7.85. The van der Waals surface area contributed by atoms with Gasteiger partial charge in [-0.1, -0.05) is 18.2 Å². The SMILES string of the molecule is Cc1ccc(/C=N/[S@](=O)C(C)(C)C)cc1C. The van der Waals surface area contributed by atoms with Crippen LogP contribution in [0.3, 0.4) is 0 Å². The molecule has 0 heterocycles. The summed E-state index contributed by atoms with van der Waals surface area (Å²) in [7, 11) is -1.18. The predicted molar refractivity (Wildman–Crippen MR) is 71.4 cm³/mol. The minimum Gasteiger partial charge on any atom is -0.234 e. The molecule has 0 aliphatic rings. The zero-order chi connectivity index (χ0) is 12.3. The van der Waals surface area contributed by atoms with E-state index in [1.807, 2.05) is 26.8 Å². The van der Waals surface area contributed by atoms with Gasteiger partial charge in [-0.2, -0.15) is 4.40 Å². The molecule has 0 bridgehead atoms. The van der Waals surface area contributed by atoms with Gasteiger partial charge in [0.25, 0.3) is 0 Å². The van der Waals surface area contributed by atoms with E-state index in [2.05, 4.69) is 30.4 Å². The smallest absolute Gasteiger partial charge is 0.144 e. The second kappa shape index (κ2) is 4.91. The molecule has 0 fully saturated rings. The van der Waals surface area contributed by atoms with Gasteiger partial charge < -0.3 is 0 Å². The Morgan fingerprint density at radius 2 is 1.81 bits per heavy atom. The third-order valence-corrected chi connectivity index (χ3v) is 3.70. The molecule has 0 saturated heterocycles. The summed E-state index contributed by atoms with van der Waals surface area (Å²) in [6.07, 6.45) is 1.69. The Balaban J connectivity index is 2.85. The molecular weight excluding hydrogens is 218 g/mol. The standard InChI is InChI=1S/C13H19NOS/c1-10-6-7-12(8-11(10)2)9-14-16(15)13(3,4)5/h6-9H,1-5H3/b14-9+/t16-/m1/s1. The molecule has 88 valence electrons. The van der Waals surface area contributed by atoms with E-state index < -0.39 is 11.0 Å². The lowest BCUT2D eigenvalue weighted by Crippen LogP contribution is -2.19. The van der Waals surface area contributed by atoms with Gasteiger partial charge in [0, 0.05) is 6.21 Å². The van der Waals surface area contributed by atoms with Gasteiger partial charge in [-0.25, -0.2) is 4.21 Å². The van der Waals surface area contributed by atoms with E-state index in [1.165, 1.54) is 11.1 Å². The first kappa shape index (κ1) is 13.1. The molecule has 0 aliphatic carbocycles. The molecule has 2 nitrogen and oxygen atoms in total. The lowest BCUT2D eigenvalue weighted by Gasteiger charge is -2.12. The average Bonchev–Trinajstić information content (AvgIpc) is 2.18. The van der Waals surface area contributed by atoms with Crippen LogP contribution in [0.2, 0.25) is 0 Å². The van der Waals surface area contributed by atoms with Crippen LogP contribution in [0.15, 0.2) is 22.6 Å². The van der Waals surface area contributed by atoms with Gasteiger partial charge in [-0.05, 0) is 51.3 Å². The maximum absolute atomic E-state index is 11.7. The monoisotopic (exact) mass is 237 g/mol. The summed E-state index contributed by atoms with van der Waals surface area (Å²) < 4.78 is 15.5. The second-order valence-electron chi connectivity index (χ2n) is 4.94. The molecule has 0 N–H and O–H groups in total. The molecule has 1 rings (SSSR count). The van der Waals surface area contributed by atoms with Crippen molar-refractivity contribution in [2.24, 2.45) is 4.40 Å². The van der Waals surface area contributed by atoms with Crippen molar-refractivity contribution in [3.8, 4) is 0 Å². The molecule has 0 aliphatic heterocycles. The first-order valence-electron chi connectivity index (χ1n) is 5.34. The summed E-state index contributed by atoms with van der Waals surface area (Å²) in [6, 6.07) is 6.10. The van der Waals surface area contributed by atoms with Crippen LogP contribution in [-0.4, -0.2) is 15.2 Å². The van der Waals surface area contributed by atoms with Crippen molar-refractivity contribution in [1.82, 2.24) is 0 Å². The fourth-order valence-electron chi connectivity index (χ4n) is 1.11. The predicted octanol–water partition coefficient (Wildman–Crippen LogP) is 3.18. The molecule has 1 aromatic rings. The largest absolute Gasteiger partial charge is 0.234 e. The maximum Gasteiger partial charge on any atom is 0.144 e. The topological polar surface area (TPSA) is 29.4 Å². The van der Waals surface area contributed by atoms with Gasteiger partial charge in [0.05, 0.1) is 4.75 Å². The van der Waals surface area contributed by atoms with E-state index in [4.69, 9.17) is 0 Å². The zero-order valence-electron chi connectivity index (χ0n) is 10.6. The van der Waals surface area contributed by atoms with E-state index in [0.29, 0.717) is 0 Å². The summed E-state index contributed by atoms with van der Waals surface area (Å²) >= 11 is 0. The minimum atomic E-state index is -1.18. The third kappa shape index (κ3) is 3.56. The van der Waals surface area contributed by atoms with E-state index in [1.54, 1.807) is 6.21 Å². The second-order valence-corrected chi connectivity index (χ2v) is 6.87. The lowest BCUT2D eigenvalue weighted by atomic mass is 10.1. The van der Waals surface area contributed by atoms with E-state index >= 15 is 0 Å². The quantitative estimate of drug-likeness (QED) is 0.726. The van der Waals surface area contributed by atoms with E-state index in [9.17, 15) is 4.21 Å². The van der Waals surface area contributed by atoms with Crippen LogP contribution in [0.1, 0.15) is 37.5 Å². The van der Waals surface area contributed by atoms with Crippen LogP contribution in [0, 0.1) is 13.8 Å². The zero-order valence-corrected chi connectivity index (χ0v) is 11.4. The Morgan fingerprint density at radius 1 is 1.19 bits per heavy atom. The molecule has 0 saturated carbocycles. The number of hydrogen-bond acceptors (Lipinski definition) is 1. The number of nitrogens with zero attached hydrogens (tertiary/aromatic N) is 1. The fourth-order valence-corrected chi connectivity index (χ4v) is 1.65. The minimum absolute atomic E-state index is 0.295. The maximum atomic E-state index is 11.7. The van der Waals surface area contributed by atoms with Crippen LogP contribution in [0.4, 0.5) is 0 Å². The van der Waals surface area contributed by atoms with Gasteiger partial charge in [0.15, 0.2) is 0 Å². The first-order valence-corrected chi connectivity index (χ1v) is 6.45. The van der Waals surface area contributed by atoms with Gasteiger partial charge in [0.2, 0.25) is 0 Å². The van der Waals surface area contributed by atoms with Gasteiger partial charge in [-0.15, -0.1) is 0 Å². The van der Waals surface area contributed by atoms with Crippen molar-refractivity contribution in [2.75, 3.05) is 0 Å². The van der Waals surface area contributed by atoms with Gasteiger partial charge in [0.1, 0.15) is 11.0 Å². The molecule has 3 heteroatoms. The summed E-state index contributed by atoms with van der Waals surface area (Å²) in [4.78, 5) is 0. The van der Waals surface area contributed by atoms with Crippen LogP contribution >= 0.6 is 0 Å². The Labute approximate surface area is 100 Å². The number of rotatable bonds is 2. The van der Waals surface area contributed by atoms with Crippen molar-refractivity contribution in [1.29, 1.82) is 0 Å². The fraction of sp³-hybridized carbons (Fsp3) is 0.462. The van der Waals surface area contributed by atoms with Crippen molar-refractivity contribution in [3.05, 3.63) is 34.9 Å². The lowest BCUT2D eigenvalue weighted by molar-refractivity contribution is 0.651. The highest BCUT2D eigenvalue weighted by Crippen LogP contribution is 2.13. The van der Waals surface area contributed by atoms with Crippen LogP contribution in [0.5, 0.6) is 0 Å². The molecule has 0 aromatic heterocycles. The van der Waals surface area contributed by atoms with Crippen molar-refractivity contribution in [2.45, 2.75) is 39.4 Å². The molecular formula is C13H19NOS. The number of benzene rings is 1. The molecule has 0 amide bonds. The molecule has 1 atom stereocenters. The van der Waals surface area contributed by atoms with Crippen molar-refractivity contribution >= 4 is 17.2 Å². The molecule has 0 spiro atoms. The molecule has 0 radical (unpaired) electrons. The summed E-state index contributed by atoms with van der Waals surface area (Å²) in [6.45, 7) is 9.89. The Hall–Kier alpha value is -0.960. The molecule has 16 heavy (non-hydrogen) atoms. The van der Waals surface area contributed by atoms with Crippen molar-refractivity contribution < 1.29 is 4.21 Å². The van der Waals surface area contributed by atoms with Gasteiger partial charge >= 0.3 is 0 Å². The Morgan fingerprint density at radius 3 is 2.31 bits per heavy atom. The highest BCUT2D eigenvalue weighted by atomic mass is 32.2. The van der Waals surface area contributed by atoms with Crippen LogP contribution in [-0.2, 0) is 11.0 Å². The summed E-state index contributed by atoms with van der Waals surface area (Å²) in [5, 5.41) is 0. The summed E-state index contributed by atoms with van der Waals surface area (Å²) in [5.74, 6) is 0. The van der Waals surface area contributed by atoms with Crippen LogP contribution in [0.25, 0.3) is 0 Å². The molecule has 0 unspecified atom stereocenters. The molecule has 1 aromatic carbocycles. The average molecular weight is 237 g/mol. The van der Waals surface area contributed by atoms with E-state index in [-0.39, 0.29) is 4.75 Å². The number of hydrogen-bond donors (Lipinski definition) is 0. The Bertz CT molecular complexity index is 430. The Kier molecular flexibility index (Phi) is 4.03. The van der Waals surface area contributed by atoms with Crippen molar-refractivity contribution in [3.63, 3.8) is 0 Å². The van der Waals surface area contributed by atoms with E-state index in [0.717, 1.165) is 5.56 Å². The van der Waals surface area contributed by atoms with Gasteiger partial charge in [-0.3, -0.25) is 0 Å². The summed E-state index contributed by atoms with van der Waals surface area (Å²) in [5.41, 5.74) is 3.49. The normalized spacial score (nSPS) is 14.3. The number of aryl methyl sites for hydroxylation is 2. The highest BCUT2D eigenvalue weighted by Gasteiger charge is 2.17. The van der Waals surface area contributed by atoms with Crippen LogP contribution < -0.4 is 0 Å². The third-order valence-electron chi connectivity index (χ3n) is 2.35. The first-order chi connectivity index (χ1) is 7.30.